The minimum atomic E-state index is -0.830. The average Bonchev–Trinajstić information content (AvgIpc) is 2.90. The fourth-order valence-corrected chi connectivity index (χ4v) is 5.23. The molecule has 0 radical (unpaired) electrons. The third-order valence-corrected chi connectivity index (χ3v) is 7.23. The number of benzene rings is 3. The maximum atomic E-state index is 13.3. The van der Waals surface area contributed by atoms with Crippen LogP contribution >= 0.6 is 11.6 Å². The molecule has 3 amide bonds. The second kappa shape index (κ2) is 11.2. The van der Waals surface area contributed by atoms with Crippen LogP contribution in [0.3, 0.4) is 0 Å². The van der Waals surface area contributed by atoms with E-state index in [9.17, 15) is 14.4 Å². The van der Waals surface area contributed by atoms with Crippen molar-refractivity contribution in [1.29, 1.82) is 0 Å². The molecule has 5 rings (SSSR count). The van der Waals surface area contributed by atoms with Crippen LogP contribution in [0.4, 0.5) is 11.4 Å². The Kier molecular flexibility index (Phi) is 7.58. The fraction of sp³-hybridized carbons (Fsp3) is 0.321. The van der Waals surface area contributed by atoms with Gasteiger partial charge in [0, 0.05) is 61.1 Å². The van der Waals surface area contributed by atoms with E-state index >= 15 is 0 Å². The number of piperazine rings is 2. The van der Waals surface area contributed by atoms with Crippen molar-refractivity contribution < 1.29 is 14.4 Å². The van der Waals surface area contributed by atoms with Crippen LogP contribution in [0.15, 0.2) is 66.7 Å². The molecule has 2 heterocycles. The van der Waals surface area contributed by atoms with Gasteiger partial charge < -0.3 is 20.4 Å². The van der Waals surface area contributed by atoms with Crippen molar-refractivity contribution in [3.8, 4) is 0 Å². The number of halogens is 1. The number of anilines is 2. The zero-order valence-corrected chi connectivity index (χ0v) is 21.3. The van der Waals surface area contributed by atoms with Crippen molar-refractivity contribution in [3.63, 3.8) is 0 Å². The van der Waals surface area contributed by atoms with Crippen molar-refractivity contribution in [2.24, 2.45) is 0 Å². The Morgan fingerprint density at radius 1 is 0.946 bits per heavy atom. The number of carbonyl (C=O) groups excluding carboxylic acids is 3. The first-order valence-electron chi connectivity index (χ1n) is 12.6. The van der Waals surface area contributed by atoms with E-state index in [1.54, 1.807) is 4.90 Å². The van der Waals surface area contributed by atoms with Crippen molar-refractivity contribution in [2.75, 3.05) is 56.0 Å². The molecule has 0 unspecified atom stereocenters. The Morgan fingerprint density at radius 3 is 2.51 bits per heavy atom. The minimum absolute atomic E-state index is 0.0939. The zero-order valence-electron chi connectivity index (χ0n) is 20.5. The van der Waals surface area contributed by atoms with Crippen LogP contribution in [0.1, 0.15) is 6.42 Å². The molecule has 2 aliphatic rings. The number of rotatable bonds is 6. The van der Waals surface area contributed by atoms with Crippen LogP contribution in [-0.2, 0) is 14.4 Å². The molecule has 3 aromatic carbocycles. The van der Waals surface area contributed by atoms with Crippen LogP contribution in [0.25, 0.3) is 10.8 Å². The van der Waals surface area contributed by atoms with Gasteiger partial charge in [0.2, 0.25) is 17.7 Å². The monoisotopic (exact) mass is 519 g/mol. The lowest BCUT2D eigenvalue weighted by Gasteiger charge is -2.39. The van der Waals surface area contributed by atoms with Crippen LogP contribution in [0, 0.1) is 0 Å². The number of fused-ring (bicyclic) bond motifs is 1. The maximum Gasteiger partial charge on any atom is 0.243 e. The van der Waals surface area contributed by atoms with E-state index in [-0.39, 0.29) is 30.7 Å². The highest BCUT2D eigenvalue weighted by atomic mass is 35.5. The number of carbonyl (C=O) groups is 3. The molecule has 9 heteroatoms. The van der Waals surface area contributed by atoms with Gasteiger partial charge >= 0.3 is 0 Å². The molecule has 0 aromatic heterocycles. The Hall–Kier alpha value is -3.62. The van der Waals surface area contributed by atoms with Gasteiger partial charge in [-0.3, -0.25) is 19.3 Å². The van der Waals surface area contributed by atoms with E-state index in [4.69, 9.17) is 11.6 Å². The Balaban J connectivity index is 1.19. The van der Waals surface area contributed by atoms with Gasteiger partial charge in [0.15, 0.2) is 0 Å². The summed E-state index contributed by atoms with van der Waals surface area (Å²) in [6.07, 6.45) is -0.0939. The lowest BCUT2D eigenvalue weighted by molar-refractivity contribution is -0.145. The molecule has 1 atom stereocenters. The summed E-state index contributed by atoms with van der Waals surface area (Å²) in [5, 5.41) is 8.39. The van der Waals surface area contributed by atoms with Gasteiger partial charge in [-0.25, -0.2) is 0 Å². The lowest BCUT2D eigenvalue weighted by Crippen LogP contribution is -2.60. The summed E-state index contributed by atoms with van der Waals surface area (Å²) < 4.78 is 0. The highest BCUT2D eigenvalue weighted by Crippen LogP contribution is 2.24. The lowest BCUT2D eigenvalue weighted by atomic mass is 10.1. The molecule has 37 heavy (non-hydrogen) atoms. The molecule has 0 spiro atoms. The predicted molar refractivity (Wildman–Crippen MR) is 146 cm³/mol. The molecular weight excluding hydrogens is 490 g/mol. The van der Waals surface area contributed by atoms with Crippen LogP contribution in [-0.4, -0.2) is 79.4 Å². The third-order valence-electron chi connectivity index (χ3n) is 7.00. The highest BCUT2D eigenvalue weighted by Gasteiger charge is 2.35. The number of nitrogens with zero attached hydrogens (tertiary/aromatic N) is 3. The van der Waals surface area contributed by atoms with Gasteiger partial charge in [-0.2, -0.15) is 0 Å². The summed E-state index contributed by atoms with van der Waals surface area (Å²) in [6, 6.07) is 20.4. The van der Waals surface area contributed by atoms with Crippen LogP contribution < -0.4 is 15.5 Å². The van der Waals surface area contributed by atoms with Gasteiger partial charge in [0.1, 0.15) is 6.04 Å². The smallest absolute Gasteiger partial charge is 0.243 e. The molecule has 0 bridgehead atoms. The molecule has 0 aliphatic carbocycles. The van der Waals surface area contributed by atoms with Gasteiger partial charge in [0.25, 0.3) is 0 Å². The second-order valence-corrected chi connectivity index (χ2v) is 9.85. The van der Waals surface area contributed by atoms with Crippen molar-refractivity contribution in [3.05, 3.63) is 71.8 Å². The SMILES string of the molecule is O=C(C[C@H]1C(=O)NCCN1C(=O)CN1CCN(c2cccc(Cl)c2)CC1)Nc1cccc2ccccc12. The Labute approximate surface area is 221 Å². The van der Waals surface area contributed by atoms with Gasteiger partial charge in [-0.15, -0.1) is 0 Å². The summed E-state index contributed by atoms with van der Waals surface area (Å²) in [5.41, 5.74) is 1.76. The standard InChI is InChI=1S/C28H30ClN5O3/c29-21-7-4-8-22(17-21)33-15-13-32(14-16-33)19-27(36)34-12-11-30-28(37)25(34)18-26(35)31-24-10-3-6-20-5-1-2-9-23(20)24/h1-10,17,25H,11-16,18-19H2,(H,30,37)(H,31,35)/t25-/m0/s1. The van der Waals surface area contributed by atoms with E-state index in [2.05, 4.69) is 20.4 Å². The molecule has 2 fully saturated rings. The summed E-state index contributed by atoms with van der Waals surface area (Å²) >= 11 is 6.13. The average molecular weight is 520 g/mol. The first kappa shape index (κ1) is 25.0. The normalized spacial score (nSPS) is 18.5. The predicted octanol–water partition coefficient (Wildman–Crippen LogP) is 2.97. The quantitative estimate of drug-likeness (QED) is 0.523. The molecule has 8 nitrogen and oxygen atoms in total. The number of nitrogens with one attached hydrogen (secondary N) is 2. The van der Waals surface area contributed by atoms with Gasteiger partial charge in [0.05, 0.1) is 13.0 Å². The fourth-order valence-electron chi connectivity index (χ4n) is 5.05. The Bertz CT molecular complexity index is 1300. The molecule has 3 aromatic rings. The third kappa shape index (κ3) is 5.87. The van der Waals surface area contributed by atoms with Crippen molar-refractivity contribution >= 4 is 51.5 Å². The molecule has 2 aliphatic heterocycles. The first-order valence-corrected chi connectivity index (χ1v) is 12.9. The number of amides is 3. The molecule has 0 saturated carbocycles. The maximum absolute atomic E-state index is 13.3. The summed E-state index contributed by atoms with van der Waals surface area (Å²) in [7, 11) is 0. The summed E-state index contributed by atoms with van der Waals surface area (Å²) in [6.45, 7) is 4.01. The Morgan fingerprint density at radius 2 is 1.70 bits per heavy atom. The highest BCUT2D eigenvalue weighted by molar-refractivity contribution is 6.30. The van der Waals surface area contributed by atoms with Crippen LogP contribution in [0.2, 0.25) is 5.02 Å². The number of hydrogen-bond donors (Lipinski definition) is 2. The molecule has 2 saturated heterocycles. The van der Waals surface area contributed by atoms with Gasteiger partial charge in [-0.05, 0) is 29.7 Å². The van der Waals surface area contributed by atoms with E-state index in [1.165, 1.54) is 0 Å². The molecule has 2 N–H and O–H groups in total. The van der Waals surface area contributed by atoms with E-state index in [0.717, 1.165) is 42.6 Å². The first-order chi connectivity index (χ1) is 18.0. The zero-order chi connectivity index (χ0) is 25.8. The topological polar surface area (TPSA) is 85.0 Å². The summed E-state index contributed by atoms with van der Waals surface area (Å²) in [5.74, 6) is -0.723. The number of hydrogen-bond acceptors (Lipinski definition) is 5. The van der Waals surface area contributed by atoms with Crippen molar-refractivity contribution in [2.45, 2.75) is 12.5 Å². The van der Waals surface area contributed by atoms with E-state index in [0.29, 0.717) is 23.8 Å². The van der Waals surface area contributed by atoms with Crippen molar-refractivity contribution in [1.82, 2.24) is 15.1 Å². The summed E-state index contributed by atoms with van der Waals surface area (Å²) in [4.78, 5) is 44.9. The van der Waals surface area contributed by atoms with Gasteiger partial charge in [-0.1, -0.05) is 54.1 Å². The van der Waals surface area contributed by atoms with E-state index in [1.807, 2.05) is 66.7 Å². The molecule has 192 valence electrons. The largest absolute Gasteiger partial charge is 0.369 e. The van der Waals surface area contributed by atoms with E-state index < -0.39 is 6.04 Å². The minimum Gasteiger partial charge on any atom is -0.369 e. The van der Waals surface area contributed by atoms with Crippen LogP contribution in [0.5, 0.6) is 0 Å². The molecular formula is C28H30ClN5O3. The second-order valence-electron chi connectivity index (χ2n) is 9.42.